The molecule has 2 atom stereocenters. The highest BCUT2D eigenvalue weighted by Gasteiger charge is 2.29. The van der Waals surface area contributed by atoms with Gasteiger partial charge in [-0.25, -0.2) is 0 Å². The van der Waals surface area contributed by atoms with Crippen LogP contribution in [-0.2, 0) is 16.1 Å². The zero-order valence-corrected chi connectivity index (χ0v) is 10.9. The van der Waals surface area contributed by atoms with Gasteiger partial charge < -0.3 is 15.4 Å². The molecule has 1 aliphatic heterocycles. The van der Waals surface area contributed by atoms with Crippen molar-refractivity contribution < 1.29 is 9.53 Å². The highest BCUT2D eigenvalue weighted by Crippen LogP contribution is 2.21. The lowest BCUT2D eigenvalue weighted by Gasteiger charge is -2.16. The third-order valence-corrected chi connectivity index (χ3v) is 3.43. The van der Waals surface area contributed by atoms with Gasteiger partial charge in [0.05, 0.1) is 12.5 Å². The predicted molar refractivity (Wildman–Crippen MR) is 71.3 cm³/mol. The van der Waals surface area contributed by atoms with E-state index < -0.39 is 0 Å². The first-order valence-electron chi connectivity index (χ1n) is 6.30. The van der Waals surface area contributed by atoms with Crippen LogP contribution < -0.4 is 10.6 Å². The smallest absolute Gasteiger partial charge is 0.229 e. The van der Waals surface area contributed by atoms with Crippen LogP contribution in [0.1, 0.15) is 12.5 Å². The molecule has 1 fully saturated rings. The van der Waals surface area contributed by atoms with Gasteiger partial charge in [0.15, 0.2) is 0 Å². The molecule has 1 amide bonds. The summed E-state index contributed by atoms with van der Waals surface area (Å²) in [5, 5.41) is 6.25. The van der Waals surface area contributed by atoms with Gasteiger partial charge in [-0.2, -0.15) is 0 Å². The lowest BCUT2D eigenvalue weighted by molar-refractivity contribution is -0.120. The number of benzene rings is 1. The number of methoxy groups -OCH3 is 1. The number of hydrogen-bond acceptors (Lipinski definition) is 3. The predicted octanol–water partition coefficient (Wildman–Crippen LogP) is 1.63. The van der Waals surface area contributed by atoms with Gasteiger partial charge >= 0.3 is 0 Å². The number of ether oxygens (including phenoxy) is 1. The quantitative estimate of drug-likeness (QED) is 0.851. The second-order valence-electron chi connectivity index (χ2n) is 4.82. The molecule has 4 heteroatoms. The van der Waals surface area contributed by atoms with E-state index in [2.05, 4.69) is 17.6 Å². The van der Waals surface area contributed by atoms with E-state index in [-0.39, 0.29) is 11.8 Å². The first kappa shape index (κ1) is 13.1. The first-order valence-corrected chi connectivity index (χ1v) is 6.30. The van der Waals surface area contributed by atoms with Crippen LogP contribution in [0, 0.1) is 11.8 Å². The Hall–Kier alpha value is -1.39. The van der Waals surface area contributed by atoms with E-state index in [0.717, 1.165) is 24.3 Å². The number of carbonyl (C=O) groups excluding carboxylic acids is 1. The SMILES string of the molecule is COCc1ccccc1NC(=O)[C@@H]1CNC[C@H]1C. The fourth-order valence-corrected chi connectivity index (χ4v) is 2.31. The van der Waals surface area contributed by atoms with Gasteiger partial charge in [0, 0.05) is 24.9 Å². The molecule has 0 bridgehead atoms. The van der Waals surface area contributed by atoms with Gasteiger partial charge in [0.1, 0.15) is 0 Å². The Bertz CT molecular complexity index is 420. The maximum atomic E-state index is 12.2. The van der Waals surface area contributed by atoms with Gasteiger partial charge in [0.2, 0.25) is 5.91 Å². The molecule has 0 spiro atoms. The maximum Gasteiger partial charge on any atom is 0.229 e. The number of para-hydroxylation sites is 1. The summed E-state index contributed by atoms with van der Waals surface area (Å²) < 4.78 is 5.13. The van der Waals surface area contributed by atoms with Crippen molar-refractivity contribution in [2.45, 2.75) is 13.5 Å². The summed E-state index contributed by atoms with van der Waals surface area (Å²) >= 11 is 0. The number of hydrogen-bond donors (Lipinski definition) is 2. The molecule has 98 valence electrons. The molecular formula is C14H20N2O2. The van der Waals surface area contributed by atoms with Gasteiger partial charge in [-0.15, -0.1) is 0 Å². The average molecular weight is 248 g/mol. The van der Waals surface area contributed by atoms with E-state index in [0.29, 0.717) is 12.5 Å². The normalized spacial score (nSPS) is 23.0. The summed E-state index contributed by atoms with van der Waals surface area (Å²) in [5.74, 6) is 0.538. The van der Waals surface area contributed by atoms with Crippen LogP contribution in [0.25, 0.3) is 0 Å². The molecule has 2 rings (SSSR count). The van der Waals surface area contributed by atoms with Crippen molar-refractivity contribution >= 4 is 11.6 Å². The molecule has 1 aromatic rings. The van der Waals surface area contributed by atoms with E-state index in [1.807, 2.05) is 24.3 Å². The molecule has 4 nitrogen and oxygen atoms in total. The molecule has 1 aliphatic rings. The lowest BCUT2D eigenvalue weighted by Crippen LogP contribution is -2.28. The molecule has 2 N–H and O–H groups in total. The largest absolute Gasteiger partial charge is 0.380 e. The Morgan fingerprint density at radius 1 is 1.44 bits per heavy atom. The van der Waals surface area contributed by atoms with Crippen molar-refractivity contribution in [3.63, 3.8) is 0 Å². The second-order valence-corrected chi connectivity index (χ2v) is 4.82. The zero-order valence-electron chi connectivity index (χ0n) is 10.9. The highest BCUT2D eigenvalue weighted by molar-refractivity contribution is 5.93. The van der Waals surface area contributed by atoms with E-state index in [1.165, 1.54) is 0 Å². The Balaban J connectivity index is 2.06. The molecule has 0 saturated carbocycles. The van der Waals surface area contributed by atoms with E-state index in [9.17, 15) is 4.79 Å². The van der Waals surface area contributed by atoms with Crippen LogP contribution in [0.3, 0.4) is 0 Å². The summed E-state index contributed by atoms with van der Waals surface area (Å²) in [6, 6.07) is 7.75. The van der Waals surface area contributed by atoms with Crippen LogP contribution >= 0.6 is 0 Å². The van der Waals surface area contributed by atoms with E-state index in [1.54, 1.807) is 7.11 Å². The van der Waals surface area contributed by atoms with Crippen molar-refractivity contribution in [3.05, 3.63) is 29.8 Å². The number of carbonyl (C=O) groups is 1. The molecule has 1 aromatic carbocycles. The maximum absolute atomic E-state index is 12.2. The number of nitrogens with one attached hydrogen (secondary N) is 2. The van der Waals surface area contributed by atoms with Crippen molar-refractivity contribution in [3.8, 4) is 0 Å². The lowest BCUT2D eigenvalue weighted by atomic mass is 9.97. The topological polar surface area (TPSA) is 50.4 Å². The fourth-order valence-electron chi connectivity index (χ4n) is 2.31. The summed E-state index contributed by atoms with van der Waals surface area (Å²) in [7, 11) is 1.65. The molecule has 18 heavy (non-hydrogen) atoms. The van der Waals surface area contributed by atoms with Crippen LogP contribution in [0.2, 0.25) is 0 Å². The van der Waals surface area contributed by atoms with Gasteiger partial charge in [-0.3, -0.25) is 4.79 Å². The van der Waals surface area contributed by atoms with Gasteiger partial charge in [-0.1, -0.05) is 25.1 Å². The third kappa shape index (κ3) is 2.89. The van der Waals surface area contributed by atoms with Crippen LogP contribution in [-0.4, -0.2) is 26.1 Å². The summed E-state index contributed by atoms with van der Waals surface area (Å²) in [5.41, 5.74) is 1.86. The van der Waals surface area contributed by atoms with Gasteiger partial charge in [-0.05, 0) is 18.5 Å². The molecule has 0 unspecified atom stereocenters. The summed E-state index contributed by atoms with van der Waals surface area (Å²) in [6.45, 7) is 4.29. The average Bonchev–Trinajstić information content (AvgIpc) is 2.78. The standard InChI is InChI=1S/C14H20N2O2/c1-10-7-15-8-12(10)14(17)16-13-6-4-3-5-11(13)9-18-2/h3-6,10,12,15H,7-9H2,1-2H3,(H,16,17)/t10-,12-/m1/s1. The van der Waals surface area contributed by atoms with E-state index in [4.69, 9.17) is 4.74 Å². The first-order chi connectivity index (χ1) is 8.72. The monoisotopic (exact) mass is 248 g/mol. The van der Waals surface area contributed by atoms with Crippen molar-refractivity contribution in [1.82, 2.24) is 5.32 Å². The second kappa shape index (κ2) is 5.98. The Morgan fingerprint density at radius 2 is 2.22 bits per heavy atom. The van der Waals surface area contributed by atoms with Crippen LogP contribution in [0.15, 0.2) is 24.3 Å². The Labute approximate surface area is 108 Å². The zero-order chi connectivity index (χ0) is 13.0. The number of anilines is 1. The Morgan fingerprint density at radius 3 is 2.89 bits per heavy atom. The minimum absolute atomic E-state index is 0.0561. The minimum Gasteiger partial charge on any atom is -0.380 e. The third-order valence-electron chi connectivity index (χ3n) is 3.43. The molecule has 0 aromatic heterocycles. The molecule has 1 heterocycles. The van der Waals surface area contributed by atoms with Gasteiger partial charge in [0.25, 0.3) is 0 Å². The van der Waals surface area contributed by atoms with Crippen LogP contribution in [0.4, 0.5) is 5.69 Å². The summed E-state index contributed by atoms with van der Waals surface area (Å²) in [4.78, 5) is 12.2. The molecule has 1 saturated heterocycles. The van der Waals surface area contributed by atoms with E-state index >= 15 is 0 Å². The number of rotatable bonds is 4. The summed E-state index contributed by atoms with van der Waals surface area (Å²) in [6.07, 6.45) is 0. The van der Waals surface area contributed by atoms with Crippen molar-refractivity contribution in [2.75, 3.05) is 25.5 Å². The fraction of sp³-hybridized carbons (Fsp3) is 0.500. The highest BCUT2D eigenvalue weighted by atomic mass is 16.5. The molecular weight excluding hydrogens is 228 g/mol. The Kier molecular flexibility index (Phi) is 4.33. The van der Waals surface area contributed by atoms with Crippen molar-refractivity contribution in [1.29, 1.82) is 0 Å². The van der Waals surface area contributed by atoms with Crippen LogP contribution in [0.5, 0.6) is 0 Å². The molecule has 0 radical (unpaired) electrons. The minimum atomic E-state index is 0.0561. The molecule has 0 aliphatic carbocycles. The van der Waals surface area contributed by atoms with Crippen molar-refractivity contribution in [2.24, 2.45) is 11.8 Å². The number of amides is 1.